The minimum absolute atomic E-state index is 0. The number of aliphatic hydroxyl groups is 5. The van der Waals surface area contributed by atoms with Crippen LogP contribution in [0, 0.1) is 0 Å². The fourth-order valence-corrected chi connectivity index (χ4v) is 10.5. The Kier molecular flexibility index (Phi) is 46.6. The van der Waals surface area contributed by atoms with Gasteiger partial charge in [-0.05, 0) is 79.9 Å². The maximum absolute atomic E-state index is 11.6. The number of carboxylic acid groups (broad SMARTS) is 1. The molecule has 4 atom stereocenters. The molecular weight excluding hydrogens is 1380 g/mol. The smallest absolute Gasteiger partial charge is 0.550 e. The van der Waals surface area contributed by atoms with Crippen molar-refractivity contribution < 1.29 is 127 Å². The summed E-state index contributed by atoms with van der Waals surface area (Å²) in [4.78, 5) is 75.5. The summed E-state index contributed by atoms with van der Waals surface area (Å²) in [6.45, 7) is 32.4. The number of benzene rings is 1. The number of hydrogen-bond acceptors (Lipinski definition) is 30. The summed E-state index contributed by atoms with van der Waals surface area (Å²) in [6.07, 6.45) is 10.3. The van der Waals surface area contributed by atoms with Gasteiger partial charge in [0.25, 0.3) is 5.56 Å². The number of aliphatic hydroxyl groups excluding tert-OH is 5. The number of allylic oxidation sites excluding steroid dienone is 1. The van der Waals surface area contributed by atoms with Gasteiger partial charge in [-0.15, -0.1) is 0 Å². The van der Waals surface area contributed by atoms with Gasteiger partial charge in [0.1, 0.15) is 34.7 Å². The number of methoxy groups -OCH3 is 3. The zero-order valence-corrected chi connectivity index (χ0v) is 66.2. The molecule has 0 spiro atoms. The molecule has 8 heterocycles. The van der Waals surface area contributed by atoms with Gasteiger partial charge in [-0.3, -0.25) is 14.6 Å². The summed E-state index contributed by atoms with van der Waals surface area (Å²) in [5, 5.41) is 60.8. The number of carboxylic acids is 1. The van der Waals surface area contributed by atoms with E-state index in [2.05, 4.69) is 97.2 Å². The van der Waals surface area contributed by atoms with Gasteiger partial charge >= 0.3 is 41.5 Å². The van der Waals surface area contributed by atoms with Crippen molar-refractivity contribution in [2.24, 2.45) is 0 Å². The number of aryl methyl sites for hydroxylation is 2. The van der Waals surface area contributed by atoms with Crippen molar-refractivity contribution in [3.05, 3.63) is 101 Å². The number of fused-ring (bicyclic) bond motifs is 3. The Balaban J connectivity index is 0.000000636. The zero-order valence-electron chi connectivity index (χ0n) is 64.2. The van der Waals surface area contributed by atoms with Crippen LogP contribution < -0.4 is 65.1 Å². The molecule has 35 heteroatoms. The summed E-state index contributed by atoms with van der Waals surface area (Å²) in [7, 11) is 4.84. The van der Waals surface area contributed by atoms with Crippen LogP contribution in [0.1, 0.15) is 112 Å². The predicted octanol–water partition coefficient (Wildman–Crippen LogP) is -0.688. The van der Waals surface area contributed by atoms with Gasteiger partial charge in [0.2, 0.25) is 11.8 Å². The number of aromatic nitrogens is 8. The van der Waals surface area contributed by atoms with E-state index in [0.717, 1.165) is 92.4 Å². The Bertz CT molecular complexity index is 3510. The fourth-order valence-electron chi connectivity index (χ4n) is 10.5. The molecule has 0 amide bonds. The number of nitrogens with one attached hydrogen (secondary N) is 3. The van der Waals surface area contributed by atoms with Gasteiger partial charge in [-0.2, -0.15) is 9.97 Å². The molecule has 0 bridgehead atoms. The second-order valence-electron chi connectivity index (χ2n) is 24.4. The molecule has 0 unspecified atom stereocenters. The Morgan fingerprint density at radius 2 is 1.19 bits per heavy atom. The summed E-state index contributed by atoms with van der Waals surface area (Å²) < 4.78 is 53.6. The van der Waals surface area contributed by atoms with Crippen LogP contribution in [0.25, 0.3) is 27.6 Å². The van der Waals surface area contributed by atoms with E-state index < -0.39 is 41.4 Å². The second kappa shape index (κ2) is 50.8. The van der Waals surface area contributed by atoms with E-state index in [-0.39, 0.29) is 94.8 Å². The summed E-state index contributed by atoms with van der Waals surface area (Å²) in [5.74, 6) is -1.87. The average molecular weight is 1490 g/mol. The Labute approximate surface area is 639 Å². The van der Waals surface area contributed by atoms with Crippen LogP contribution in [0.2, 0.25) is 0 Å². The molecule has 3 radical (unpaired) electrons. The van der Waals surface area contributed by atoms with E-state index in [0.29, 0.717) is 88.5 Å². The molecule has 5 aromatic heterocycles. The van der Waals surface area contributed by atoms with Crippen molar-refractivity contribution in [1.29, 1.82) is 0 Å². The number of rotatable bonds is 26. The number of ether oxygens (including phenoxy) is 9. The van der Waals surface area contributed by atoms with E-state index in [1.807, 2.05) is 90.1 Å². The Morgan fingerprint density at radius 3 is 1.66 bits per heavy atom. The summed E-state index contributed by atoms with van der Waals surface area (Å²) >= 11 is 0. The van der Waals surface area contributed by atoms with Crippen molar-refractivity contribution >= 4 is 54.0 Å². The van der Waals surface area contributed by atoms with Crippen LogP contribution in [0.4, 0.5) is 0 Å². The molecule has 3 saturated heterocycles. The normalized spacial score (nSPS) is 16.9. The van der Waals surface area contributed by atoms with Gasteiger partial charge in [0.15, 0.2) is 23.1 Å². The molecule has 105 heavy (non-hydrogen) atoms. The summed E-state index contributed by atoms with van der Waals surface area (Å²) in [6, 6.07) is 10.4. The van der Waals surface area contributed by atoms with Crippen LogP contribution in [-0.4, -0.2) is 262 Å². The van der Waals surface area contributed by atoms with E-state index in [9.17, 15) is 24.6 Å². The van der Waals surface area contributed by atoms with E-state index in [4.69, 9.17) is 67.9 Å². The van der Waals surface area contributed by atoms with Gasteiger partial charge in [0.05, 0.1) is 104 Å². The summed E-state index contributed by atoms with van der Waals surface area (Å²) in [5.41, 5.74) is 7.91. The molecule has 1 aliphatic carbocycles. The molecule has 8 N–H and O–H groups in total. The van der Waals surface area contributed by atoms with Crippen molar-refractivity contribution in [2.45, 2.75) is 164 Å². The maximum Gasteiger partial charge on any atom is 1.00 e. The van der Waals surface area contributed by atoms with Gasteiger partial charge < -0.3 is 103 Å². The molecule has 33 nitrogen and oxygen atoms in total. The van der Waals surface area contributed by atoms with Crippen LogP contribution in [0.15, 0.2) is 72.6 Å². The van der Waals surface area contributed by atoms with Gasteiger partial charge in [-0.1, -0.05) is 50.3 Å². The quantitative estimate of drug-likeness (QED) is 0.0144. The van der Waals surface area contributed by atoms with Crippen LogP contribution in [0.5, 0.6) is 17.5 Å². The topological polar surface area (TPSA) is 415 Å². The number of aromatic amines is 1. The molecule has 4 aliphatic rings. The first-order valence-corrected chi connectivity index (χ1v) is 34.1. The van der Waals surface area contributed by atoms with Crippen LogP contribution in [-0.2, 0) is 85.2 Å². The maximum atomic E-state index is 11.6. The number of aliphatic carboxylic acids is 1. The monoisotopic (exact) mass is 1490 g/mol. The first-order chi connectivity index (χ1) is 49.1. The second-order valence-corrected chi connectivity index (χ2v) is 24.4. The number of carbonyl (C=O) groups is 3. The van der Waals surface area contributed by atoms with E-state index in [1.54, 1.807) is 21.3 Å². The third kappa shape index (κ3) is 34.9. The predicted molar refractivity (Wildman–Crippen MR) is 386 cm³/mol. The minimum atomic E-state index is -1.08. The van der Waals surface area contributed by atoms with Crippen molar-refractivity contribution in [2.75, 3.05) is 120 Å². The SMILES string of the molecule is CC.CC(=O)OOC(C)=O.CC(=O)[O-].CC1(C)OC[C@H](CNCCO)O1.CC1(C)OC[C@H](CNCc2ccccc2)O1.CCn1cc(CN(CCO)C[C@H]2COC(C)(C)O2)c2ncnc(OC)c21.CCn1cc(OC)c2ncnc(OC)c21.O=c1[nH]cnc2c1CC=C2CN(CCO)C[C@H](O)CO.[B].[Na+]. The standard InChI is InChI=1S/C18H28N4O4.C13H19N3O4.C13H19NO2.C10H13N3O2.C8H17NO3.C4H6O4.C2H4O2.C2H6.B.Na/c1-5-22-9-13(15-16(22)17(24-4)20-12-19-15)8-21(6-7-23)10-14-11-25-18(2,3)26-14;17-4-3-16(6-10(19)7-18)5-9-1-2-11-12(9)14-8-15-13(11)20;1-13(2)15-10-12(16-13)9-14-8-11-6-4-3-5-7-11;1-4-13-5-7(14-2)8-9(13)10(15-3)12-6-11-8;1-8(2)11-6-7(12-8)5-9-3-4-10;1-3(5)7-8-4(2)6;1-2(3)4;1-2;;/h9,12,14,23H,5-8,10-11H2,1-4H3;1,8,10,17-19H,2-7H2,(H,14,15,20);3-7,12,14H,8-10H2,1-2H3;5-6H,4H2,1-3H3;7,9-10H,3-6H2,1-2H3;1-2H3;1H3,(H,3,4);1-2H3;;/q;;;;;;;;;+1/p-1/t14-;10-;12-;;7-;;;;;/m000.0...../s1. The van der Waals surface area contributed by atoms with Crippen LogP contribution in [0.3, 0.4) is 0 Å². The Morgan fingerprint density at radius 1 is 0.695 bits per heavy atom. The molecule has 0 saturated carbocycles. The molecule has 10 rings (SSSR count). The van der Waals surface area contributed by atoms with Crippen LogP contribution >= 0.6 is 0 Å². The van der Waals surface area contributed by atoms with Gasteiger partial charge in [0, 0.05) is 130 Å². The number of carbonyl (C=O) groups excluding carboxylic acids is 3. The third-order valence-corrected chi connectivity index (χ3v) is 14.8. The van der Waals surface area contributed by atoms with Crippen molar-refractivity contribution in [3.63, 3.8) is 0 Å². The molecule has 3 aliphatic heterocycles. The fraction of sp³-hybridized carbons (Fsp3) is 0.614. The molecule has 3 fully saturated rings. The minimum Gasteiger partial charge on any atom is -0.550 e. The zero-order chi connectivity index (χ0) is 76.7. The van der Waals surface area contributed by atoms with Crippen molar-refractivity contribution in [1.82, 2.24) is 59.5 Å². The molecule has 1 aromatic carbocycles. The first kappa shape index (κ1) is 96.4. The van der Waals surface area contributed by atoms with Crippen molar-refractivity contribution in [3.8, 4) is 17.5 Å². The van der Waals surface area contributed by atoms with E-state index in [1.165, 1.54) is 24.5 Å². The van der Waals surface area contributed by atoms with E-state index >= 15 is 0 Å². The number of H-pyrrole nitrogens is 1. The molecule has 581 valence electrons. The number of hydrogen-bond donors (Lipinski definition) is 8. The third-order valence-electron chi connectivity index (χ3n) is 14.8. The molecular formula is C70H111BN12NaO21. The average Bonchev–Trinajstić information content (AvgIpc) is 1.65. The first-order valence-electron chi connectivity index (χ1n) is 34.1. The Hall–Kier alpha value is -6.65. The van der Waals surface area contributed by atoms with Gasteiger partial charge in [-0.25, -0.2) is 34.3 Å². The number of nitrogens with zero attached hydrogens (tertiary/aromatic N) is 9. The largest absolute Gasteiger partial charge is 1.00 e. The molecule has 6 aromatic rings.